The van der Waals surface area contributed by atoms with Crippen LogP contribution in [-0.2, 0) is 0 Å². The van der Waals surface area contributed by atoms with Gasteiger partial charge in [0.15, 0.2) is 0 Å². The zero-order valence-electron chi connectivity index (χ0n) is 13.1. The van der Waals surface area contributed by atoms with Crippen molar-refractivity contribution in [3.63, 3.8) is 0 Å². The fourth-order valence-corrected chi connectivity index (χ4v) is 4.36. The molecule has 0 atom stereocenters. The minimum absolute atomic E-state index is 0.169. The van der Waals surface area contributed by atoms with Gasteiger partial charge in [-0.15, -0.1) is 0 Å². The summed E-state index contributed by atoms with van der Waals surface area (Å²) in [5.74, 6) is 0. The average Bonchev–Trinajstić information content (AvgIpc) is 3.12. The van der Waals surface area contributed by atoms with Gasteiger partial charge in [0.05, 0.1) is 4.92 Å². The van der Waals surface area contributed by atoms with Gasteiger partial charge in [0, 0.05) is 23.5 Å². The molecule has 4 rings (SSSR count). The van der Waals surface area contributed by atoms with Crippen LogP contribution in [0.5, 0.6) is 0 Å². The highest BCUT2D eigenvalue weighted by molar-refractivity contribution is 5.98. The van der Waals surface area contributed by atoms with Gasteiger partial charge in [-0.2, -0.15) is 0 Å². The molecule has 0 bridgehead atoms. The van der Waals surface area contributed by atoms with Gasteiger partial charge in [0.1, 0.15) is 5.69 Å². The number of benzene rings is 2. The van der Waals surface area contributed by atoms with Crippen molar-refractivity contribution in [2.24, 2.45) is 0 Å². The van der Waals surface area contributed by atoms with Gasteiger partial charge in [-0.1, -0.05) is 24.3 Å². The lowest BCUT2D eigenvalue weighted by atomic mass is 9.93. The van der Waals surface area contributed by atoms with E-state index in [4.69, 9.17) is 0 Å². The zero-order chi connectivity index (χ0) is 15.9. The number of nitro benzene ring substituents is 1. The van der Waals surface area contributed by atoms with E-state index in [1.54, 1.807) is 6.07 Å². The van der Waals surface area contributed by atoms with Crippen LogP contribution in [0.2, 0.25) is 0 Å². The number of nitrogens with one attached hydrogen (secondary N) is 1. The minimum atomic E-state index is -0.284. The third-order valence-electron chi connectivity index (χ3n) is 5.51. The van der Waals surface area contributed by atoms with Crippen molar-refractivity contribution in [1.29, 1.82) is 0 Å². The first-order valence-electron chi connectivity index (χ1n) is 8.35. The van der Waals surface area contributed by atoms with Crippen LogP contribution in [0.3, 0.4) is 0 Å². The monoisotopic (exact) mass is 311 g/mol. The molecule has 0 unspecified atom stereocenters. The zero-order valence-corrected chi connectivity index (χ0v) is 13.1. The molecule has 5 heteroatoms. The van der Waals surface area contributed by atoms with Crippen LogP contribution in [0.4, 0.5) is 11.4 Å². The van der Waals surface area contributed by atoms with E-state index in [0.717, 1.165) is 17.3 Å². The summed E-state index contributed by atoms with van der Waals surface area (Å²) >= 11 is 0. The topological polar surface area (TPSA) is 58.4 Å². The first kappa shape index (κ1) is 14.5. The van der Waals surface area contributed by atoms with Crippen LogP contribution in [0.15, 0.2) is 36.4 Å². The molecular weight excluding hydrogens is 290 g/mol. The second-order valence-corrected chi connectivity index (χ2v) is 6.71. The van der Waals surface area contributed by atoms with Crippen LogP contribution in [0.25, 0.3) is 10.8 Å². The maximum atomic E-state index is 11.4. The molecule has 1 N–H and O–H groups in total. The number of rotatable bonds is 4. The Morgan fingerprint density at radius 3 is 2.61 bits per heavy atom. The Hall–Kier alpha value is -2.14. The molecule has 0 spiro atoms. The molecule has 0 amide bonds. The molecule has 120 valence electrons. The van der Waals surface area contributed by atoms with E-state index in [2.05, 4.69) is 10.2 Å². The van der Waals surface area contributed by atoms with Crippen LogP contribution < -0.4 is 5.32 Å². The molecule has 2 saturated heterocycles. The third-order valence-corrected chi connectivity index (χ3v) is 5.51. The van der Waals surface area contributed by atoms with Crippen molar-refractivity contribution in [2.45, 2.75) is 31.2 Å². The van der Waals surface area contributed by atoms with E-state index < -0.39 is 0 Å². The second-order valence-electron chi connectivity index (χ2n) is 6.71. The summed E-state index contributed by atoms with van der Waals surface area (Å²) in [5, 5.41) is 16.9. The van der Waals surface area contributed by atoms with Crippen LogP contribution in [0.1, 0.15) is 25.7 Å². The summed E-state index contributed by atoms with van der Waals surface area (Å²) in [6.07, 6.45) is 4.86. The highest BCUT2D eigenvalue weighted by atomic mass is 16.6. The number of nitro groups is 1. The second kappa shape index (κ2) is 5.49. The Labute approximate surface area is 135 Å². The summed E-state index contributed by atoms with van der Waals surface area (Å²) in [5.41, 5.74) is 1.04. The number of hydrogen-bond donors (Lipinski definition) is 1. The molecule has 2 heterocycles. The SMILES string of the molecule is O=[N+]([O-])c1ccc2ccccc2c1NCC12CCCN1CCC2. The maximum absolute atomic E-state index is 11.4. The predicted molar refractivity (Wildman–Crippen MR) is 91.9 cm³/mol. The van der Waals surface area contributed by atoms with E-state index in [0.29, 0.717) is 5.69 Å². The molecule has 0 aromatic heterocycles. The number of anilines is 1. The maximum Gasteiger partial charge on any atom is 0.292 e. The third kappa shape index (κ3) is 2.36. The van der Waals surface area contributed by atoms with Gasteiger partial charge in [0.25, 0.3) is 5.69 Å². The van der Waals surface area contributed by atoms with Crippen LogP contribution in [-0.4, -0.2) is 35.0 Å². The van der Waals surface area contributed by atoms with Crippen molar-refractivity contribution in [3.05, 3.63) is 46.5 Å². The quantitative estimate of drug-likeness (QED) is 0.689. The van der Waals surface area contributed by atoms with Crippen molar-refractivity contribution in [3.8, 4) is 0 Å². The Morgan fingerprint density at radius 2 is 1.87 bits per heavy atom. The lowest BCUT2D eigenvalue weighted by Gasteiger charge is -2.32. The summed E-state index contributed by atoms with van der Waals surface area (Å²) in [6, 6.07) is 11.3. The molecule has 2 aromatic rings. The molecule has 2 aromatic carbocycles. The first-order valence-corrected chi connectivity index (χ1v) is 8.35. The molecule has 0 saturated carbocycles. The Balaban J connectivity index is 1.70. The molecule has 0 radical (unpaired) electrons. The fourth-order valence-electron chi connectivity index (χ4n) is 4.36. The van der Waals surface area contributed by atoms with E-state index in [1.807, 2.05) is 30.3 Å². The minimum Gasteiger partial charge on any atom is -0.377 e. The smallest absolute Gasteiger partial charge is 0.292 e. The van der Waals surface area contributed by atoms with Crippen molar-refractivity contribution >= 4 is 22.1 Å². The molecule has 0 aliphatic carbocycles. The van der Waals surface area contributed by atoms with Gasteiger partial charge in [-0.05, 0) is 50.2 Å². The number of fused-ring (bicyclic) bond motifs is 2. The summed E-state index contributed by atoms with van der Waals surface area (Å²) in [4.78, 5) is 13.7. The Bertz CT molecular complexity index is 749. The number of hydrogen-bond acceptors (Lipinski definition) is 4. The molecular formula is C18H21N3O2. The van der Waals surface area contributed by atoms with E-state index in [1.165, 1.54) is 38.8 Å². The van der Waals surface area contributed by atoms with Gasteiger partial charge in [-0.3, -0.25) is 15.0 Å². The van der Waals surface area contributed by atoms with Gasteiger partial charge >= 0.3 is 0 Å². The summed E-state index contributed by atoms with van der Waals surface area (Å²) in [7, 11) is 0. The van der Waals surface area contributed by atoms with Crippen molar-refractivity contribution in [2.75, 3.05) is 25.0 Å². The predicted octanol–water partition coefficient (Wildman–Crippen LogP) is 3.79. The van der Waals surface area contributed by atoms with Crippen LogP contribution in [0, 0.1) is 10.1 Å². The van der Waals surface area contributed by atoms with Crippen molar-refractivity contribution in [1.82, 2.24) is 4.90 Å². The fraction of sp³-hybridized carbons (Fsp3) is 0.444. The molecule has 2 fully saturated rings. The van der Waals surface area contributed by atoms with Crippen LogP contribution >= 0.6 is 0 Å². The Kier molecular flexibility index (Phi) is 3.45. The lowest BCUT2D eigenvalue weighted by molar-refractivity contribution is -0.383. The van der Waals surface area contributed by atoms with E-state index in [9.17, 15) is 10.1 Å². The highest BCUT2D eigenvalue weighted by Crippen LogP contribution is 2.40. The Morgan fingerprint density at radius 1 is 1.13 bits per heavy atom. The first-order chi connectivity index (χ1) is 11.2. The van der Waals surface area contributed by atoms with Gasteiger partial charge in [0.2, 0.25) is 0 Å². The van der Waals surface area contributed by atoms with Crippen molar-refractivity contribution < 1.29 is 4.92 Å². The standard InChI is InChI=1S/C18H21N3O2/c22-21(23)16-8-7-14-5-1-2-6-15(14)17(16)19-13-18-9-3-11-20(18)12-4-10-18/h1-2,5-8,19H,3-4,9-13H2. The molecule has 2 aliphatic rings. The number of nitrogens with zero attached hydrogens (tertiary/aromatic N) is 2. The molecule has 5 nitrogen and oxygen atoms in total. The highest BCUT2D eigenvalue weighted by Gasteiger charge is 2.44. The lowest BCUT2D eigenvalue weighted by Crippen LogP contribution is -2.44. The van der Waals surface area contributed by atoms with E-state index in [-0.39, 0.29) is 16.1 Å². The normalized spacial score (nSPS) is 19.8. The van der Waals surface area contributed by atoms with Gasteiger partial charge in [-0.25, -0.2) is 0 Å². The molecule has 2 aliphatic heterocycles. The largest absolute Gasteiger partial charge is 0.377 e. The van der Waals surface area contributed by atoms with E-state index >= 15 is 0 Å². The summed E-state index contributed by atoms with van der Waals surface area (Å²) < 4.78 is 0. The molecule has 23 heavy (non-hydrogen) atoms. The van der Waals surface area contributed by atoms with Gasteiger partial charge < -0.3 is 5.32 Å². The average molecular weight is 311 g/mol. The summed E-state index contributed by atoms with van der Waals surface area (Å²) in [6.45, 7) is 3.13.